The molecule has 2 aromatic rings. The molecule has 0 saturated carbocycles. The van der Waals surface area contributed by atoms with Gasteiger partial charge in [-0.15, -0.1) is 0 Å². The molecule has 0 aromatic heterocycles. The summed E-state index contributed by atoms with van der Waals surface area (Å²) < 4.78 is 0.637. The van der Waals surface area contributed by atoms with E-state index in [2.05, 4.69) is 21.2 Å². The fourth-order valence-corrected chi connectivity index (χ4v) is 2.36. The van der Waals surface area contributed by atoms with Gasteiger partial charge < -0.3 is 5.32 Å². The minimum atomic E-state index is -0.372. The molecule has 0 saturated heterocycles. The van der Waals surface area contributed by atoms with Crippen LogP contribution in [-0.2, 0) is 0 Å². The molecule has 20 heavy (non-hydrogen) atoms. The lowest BCUT2D eigenvalue weighted by atomic mass is 10.2. The number of nitrogens with zero attached hydrogens (tertiary/aromatic N) is 1. The van der Waals surface area contributed by atoms with Crippen LogP contribution < -0.4 is 5.32 Å². The third-order valence-electron chi connectivity index (χ3n) is 2.54. The van der Waals surface area contributed by atoms with Gasteiger partial charge in [-0.3, -0.25) is 4.79 Å². The van der Waals surface area contributed by atoms with Gasteiger partial charge in [0.2, 0.25) is 0 Å². The number of benzene rings is 2. The molecule has 0 unspecified atom stereocenters. The number of anilines is 1. The molecule has 0 bridgehead atoms. The van der Waals surface area contributed by atoms with Crippen molar-refractivity contribution in [2.45, 2.75) is 0 Å². The number of carbonyl (C=O) groups is 1. The van der Waals surface area contributed by atoms with Crippen LogP contribution >= 0.6 is 39.1 Å². The molecule has 3 nitrogen and oxygen atoms in total. The Kier molecular flexibility index (Phi) is 4.66. The van der Waals surface area contributed by atoms with Gasteiger partial charge in [-0.2, -0.15) is 5.26 Å². The summed E-state index contributed by atoms with van der Waals surface area (Å²) in [4.78, 5) is 12.2. The third kappa shape index (κ3) is 3.13. The van der Waals surface area contributed by atoms with Gasteiger partial charge in [-0.1, -0.05) is 29.3 Å². The summed E-state index contributed by atoms with van der Waals surface area (Å²) in [5.74, 6) is -0.372. The van der Waals surface area contributed by atoms with Crippen molar-refractivity contribution in [1.82, 2.24) is 0 Å². The topological polar surface area (TPSA) is 52.9 Å². The van der Waals surface area contributed by atoms with E-state index in [1.165, 1.54) is 6.07 Å². The summed E-state index contributed by atoms with van der Waals surface area (Å²) in [7, 11) is 0. The van der Waals surface area contributed by atoms with Crippen molar-refractivity contribution < 1.29 is 4.79 Å². The number of carbonyl (C=O) groups excluding carboxylic acids is 1. The maximum absolute atomic E-state index is 12.2. The number of hydrogen-bond acceptors (Lipinski definition) is 2. The van der Waals surface area contributed by atoms with E-state index >= 15 is 0 Å². The number of halogens is 3. The smallest absolute Gasteiger partial charge is 0.257 e. The normalized spacial score (nSPS) is 9.90. The van der Waals surface area contributed by atoms with Gasteiger partial charge in [-0.05, 0) is 46.3 Å². The SMILES string of the molecule is N#Cc1ccc(NC(=O)c2cccc(Br)c2Cl)c(Cl)c1. The second kappa shape index (κ2) is 6.27. The average Bonchev–Trinajstić information content (AvgIpc) is 2.44. The highest BCUT2D eigenvalue weighted by Gasteiger charge is 2.14. The minimum Gasteiger partial charge on any atom is -0.321 e. The Morgan fingerprint density at radius 3 is 2.65 bits per heavy atom. The number of nitrogens with one attached hydrogen (secondary N) is 1. The van der Waals surface area contributed by atoms with Gasteiger partial charge in [0.25, 0.3) is 5.91 Å². The quantitative estimate of drug-likeness (QED) is 0.820. The molecule has 1 N–H and O–H groups in total. The molecule has 2 rings (SSSR count). The first-order valence-corrected chi connectivity index (χ1v) is 7.03. The highest BCUT2D eigenvalue weighted by molar-refractivity contribution is 9.10. The lowest BCUT2D eigenvalue weighted by molar-refractivity contribution is 0.102. The van der Waals surface area contributed by atoms with E-state index in [9.17, 15) is 4.79 Å². The lowest BCUT2D eigenvalue weighted by Gasteiger charge is -2.09. The van der Waals surface area contributed by atoms with Gasteiger partial charge in [0.15, 0.2) is 0 Å². The predicted molar refractivity (Wildman–Crippen MR) is 83.3 cm³/mol. The average molecular weight is 370 g/mol. The summed E-state index contributed by atoms with van der Waals surface area (Å²) in [5.41, 5.74) is 1.18. The Bertz CT molecular complexity index is 726. The minimum absolute atomic E-state index is 0.295. The van der Waals surface area contributed by atoms with E-state index in [1.807, 2.05) is 6.07 Å². The maximum Gasteiger partial charge on any atom is 0.257 e. The molecule has 0 atom stereocenters. The van der Waals surface area contributed by atoms with Crippen molar-refractivity contribution in [3.05, 3.63) is 62.0 Å². The highest BCUT2D eigenvalue weighted by atomic mass is 79.9. The van der Waals surface area contributed by atoms with Crippen LogP contribution in [0.1, 0.15) is 15.9 Å². The van der Waals surface area contributed by atoms with Crippen LogP contribution in [-0.4, -0.2) is 5.91 Å². The van der Waals surface area contributed by atoms with E-state index in [0.717, 1.165) is 0 Å². The highest BCUT2D eigenvalue weighted by Crippen LogP contribution is 2.28. The molecule has 100 valence electrons. The summed E-state index contributed by atoms with van der Waals surface area (Å²) in [6.45, 7) is 0. The number of amides is 1. The van der Waals surface area contributed by atoms with Crippen molar-refractivity contribution in [3.8, 4) is 6.07 Å². The molecule has 0 radical (unpaired) electrons. The Morgan fingerprint density at radius 2 is 2.00 bits per heavy atom. The van der Waals surface area contributed by atoms with Crippen molar-refractivity contribution in [2.24, 2.45) is 0 Å². The fourth-order valence-electron chi connectivity index (χ4n) is 1.55. The summed E-state index contributed by atoms with van der Waals surface area (Å²) in [6.07, 6.45) is 0. The van der Waals surface area contributed by atoms with Crippen LogP contribution in [0.25, 0.3) is 0 Å². The van der Waals surface area contributed by atoms with Crippen LogP contribution in [0.5, 0.6) is 0 Å². The predicted octanol–water partition coefficient (Wildman–Crippen LogP) is 4.88. The van der Waals surface area contributed by atoms with E-state index in [1.54, 1.807) is 30.3 Å². The zero-order valence-corrected chi connectivity index (χ0v) is 13.1. The van der Waals surface area contributed by atoms with E-state index in [0.29, 0.717) is 31.3 Å². The summed E-state index contributed by atoms with van der Waals surface area (Å²) >= 11 is 15.3. The van der Waals surface area contributed by atoms with Crippen molar-refractivity contribution in [3.63, 3.8) is 0 Å². The Morgan fingerprint density at radius 1 is 1.25 bits per heavy atom. The summed E-state index contributed by atoms with van der Waals surface area (Å²) in [5, 5.41) is 12.0. The van der Waals surface area contributed by atoms with Gasteiger partial charge in [0.1, 0.15) is 0 Å². The standard InChI is InChI=1S/C14H7BrCl2N2O/c15-10-3-1-2-9(13(10)17)14(20)19-12-5-4-8(7-18)6-11(12)16/h1-6H,(H,19,20). The first kappa shape index (κ1) is 14.9. The van der Waals surface area contributed by atoms with E-state index in [-0.39, 0.29) is 5.91 Å². The maximum atomic E-state index is 12.2. The van der Waals surface area contributed by atoms with Crippen LogP contribution in [0.2, 0.25) is 10.0 Å². The Balaban J connectivity index is 2.29. The first-order valence-electron chi connectivity index (χ1n) is 5.48. The molecular weight excluding hydrogens is 363 g/mol. The van der Waals surface area contributed by atoms with Gasteiger partial charge in [0.05, 0.1) is 32.9 Å². The third-order valence-corrected chi connectivity index (χ3v) is 4.15. The van der Waals surface area contributed by atoms with E-state index < -0.39 is 0 Å². The van der Waals surface area contributed by atoms with Gasteiger partial charge in [0, 0.05) is 4.47 Å². The molecule has 6 heteroatoms. The molecule has 2 aromatic carbocycles. The molecule has 0 aliphatic heterocycles. The molecule has 0 heterocycles. The van der Waals surface area contributed by atoms with Gasteiger partial charge in [-0.25, -0.2) is 0 Å². The van der Waals surface area contributed by atoms with Crippen molar-refractivity contribution in [1.29, 1.82) is 5.26 Å². The zero-order valence-electron chi connectivity index (χ0n) is 9.95. The Labute approximate surface area is 134 Å². The largest absolute Gasteiger partial charge is 0.321 e. The molecule has 0 aliphatic carbocycles. The van der Waals surface area contributed by atoms with Gasteiger partial charge >= 0.3 is 0 Å². The molecule has 1 amide bonds. The number of hydrogen-bond donors (Lipinski definition) is 1. The molecular formula is C14H7BrCl2N2O. The first-order chi connectivity index (χ1) is 9.52. The second-order valence-electron chi connectivity index (χ2n) is 3.86. The second-order valence-corrected chi connectivity index (χ2v) is 5.50. The van der Waals surface area contributed by atoms with Crippen LogP contribution in [0.3, 0.4) is 0 Å². The van der Waals surface area contributed by atoms with Crippen molar-refractivity contribution in [2.75, 3.05) is 5.32 Å². The van der Waals surface area contributed by atoms with Crippen molar-refractivity contribution >= 4 is 50.7 Å². The fraction of sp³-hybridized carbons (Fsp3) is 0. The van der Waals surface area contributed by atoms with Crippen LogP contribution in [0, 0.1) is 11.3 Å². The summed E-state index contributed by atoms with van der Waals surface area (Å²) in [6, 6.07) is 11.7. The van der Waals surface area contributed by atoms with Crippen LogP contribution in [0.15, 0.2) is 40.9 Å². The lowest BCUT2D eigenvalue weighted by Crippen LogP contribution is -2.13. The number of rotatable bonds is 2. The van der Waals surface area contributed by atoms with Crippen LogP contribution in [0.4, 0.5) is 5.69 Å². The zero-order chi connectivity index (χ0) is 14.7. The molecule has 0 fully saturated rings. The van der Waals surface area contributed by atoms with E-state index in [4.69, 9.17) is 28.5 Å². The molecule has 0 aliphatic rings. The number of nitriles is 1. The molecule has 0 spiro atoms. The Hall–Kier alpha value is -1.54. The monoisotopic (exact) mass is 368 g/mol.